The van der Waals surface area contributed by atoms with Crippen molar-refractivity contribution >= 4 is 29.9 Å². The third-order valence-corrected chi connectivity index (χ3v) is 5.18. The number of nitrogens with zero attached hydrogens (tertiary/aromatic N) is 1. The van der Waals surface area contributed by atoms with E-state index in [1.807, 2.05) is 24.3 Å². The standard InChI is InChI=1S/C18H25ClN2O.ClH/c1-13(15-3-5-16(19)6-4-15)21(17-7-8-17)18(22)9-2-14-10-11-20-12-14;/h3-6,13-14,17,20H,2,7-12H2,1H3;1H. The summed E-state index contributed by atoms with van der Waals surface area (Å²) in [6.07, 6.45) is 5.20. The highest BCUT2D eigenvalue weighted by Crippen LogP contribution is 2.35. The molecule has 1 heterocycles. The Kier molecular flexibility index (Phi) is 6.75. The molecule has 1 saturated carbocycles. The predicted octanol–water partition coefficient (Wildman–Crippen LogP) is 4.20. The lowest BCUT2D eigenvalue weighted by molar-refractivity contribution is -0.134. The molecule has 1 saturated heterocycles. The summed E-state index contributed by atoms with van der Waals surface area (Å²) in [5, 5.41) is 4.12. The molecule has 128 valence electrons. The minimum Gasteiger partial charge on any atom is -0.333 e. The number of carbonyl (C=O) groups is 1. The van der Waals surface area contributed by atoms with Crippen molar-refractivity contribution in [3.8, 4) is 0 Å². The summed E-state index contributed by atoms with van der Waals surface area (Å²) in [4.78, 5) is 14.9. The van der Waals surface area contributed by atoms with Crippen molar-refractivity contribution in [2.24, 2.45) is 5.92 Å². The number of carbonyl (C=O) groups excluding carboxylic acids is 1. The van der Waals surface area contributed by atoms with Crippen LogP contribution in [-0.4, -0.2) is 29.9 Å². The van der Waals surface area contributed by atoms with Crippen molar-refractivity contribution in [1.29, 1.82) is 0 Å². The van der Waals surface area contributed by atoms with E-state index < -0.39 is 0 Å². The summed E-state index contributed by atoms with van der Waals surface area (Å²) >= 11 is 5.97. The highest BCUT2D eigenvalue weighted by atomic mass is 35.5. The Bertz CT molecular complexity index is 510. The van der Waals surface area contributed by atoms with Gasteiger partial charge in [-0.15, -0.1) is 12.4 Å². The number of benzene rings is 1. The van der Waals surface area contributed by atoms with E-state index in [1.54, 1.807) is 0 Å². The SMILES string of the molecule is CC(c1ccc(Cl)cc1)N(C(=O)CCC1CCNC1)C1CC1.Cl. The van der Waals surface area contributed by atoms with E-state index in [0.29, 0.717) is 24.3 Å². The van der Waals surface area contributed by atoms with E-state index >= 15 is 0 Å². The van der Waals surface area contributed by atoms with Crippen LogP contribution in [0.2, 0.25) is 5.02 Å². The molecule has 1 aromatic rings. The van der Waals surface area contributed by atoms with Crippen molar-refractivity contribution in [3.63, 3.8) is 0 Å². The van der Waals surface area contributed by atoms with Crippen LogP contribution in [0.3, 0.4) is 0 Å². The van der Waals surface area contributed by atoms with Gasteiger partial charge >= 0.3 is 0 Å². The van der Waals surface area contributed by atoms with Crippen LogP contribution in [0.5, 0.6) is 0 Å². The third-order valence-electron chi connectivity index (χ3n) is 4.93. The maximum absolute atomic E-state index is 12.7. The van der Waals surface area contributed by atoms with E-state index in [2.05, 4.69) is 17.1 Å². The zero-order valence-electron chi connectivity index (χ0n) is 13.6. The van der Waals surface area contributed by atoms with Crippen LogP contribution in [0.15, 0.2) is 24.3 Å². The van der Waals surface area contributed by atoms with Crippen molar-refractivity contribution in [1.82, 2.24) is 10.2 Å². The van der Waals surface area contributed by atoms with Gasteiger partial charge in [0.05, 0.1) is 6.04 Å². The molecule has 1 amide bonds. The zero-order chi connectivity index (χ0) is 15.5. The first-order chi connectivity index (χ1) is 10.6. The van der Waals surface area contributed by atoms with Crippen molar-refractivity contribution in [2.75, 3.05) is 13.1 Å². The van der Waals surface area contributed by atoms with Crippen LogP contribution < -0.4 is 5.32 Å². The fourth-order valence-electron chi connectivity index (χ4n) is 3.41. The van der Waals surface area contributed by atoms with E-state index in [9.17, 15) is 4.79 Å². The largest absolute Gasteiger partial charge is 0.333 e. The van der Waals surface area contributed by atoms with E-state index in [1.165, 1.54) is 12.0 Å². The molecule has 0 spiro atoms. The zero-order valence-corrected chi connectivity index (χ0v) is 15.2. The molecule has 23 heavy (non-hydrogen) atoms. The molecule has 2 fully saturated rings. The van der Waals surface area contributed by atoms with Crippen LogP contribution >= 0.6 is 24.0 Å². The fraction of sp³-hybridized carbons (Fsp3) is 0.611. The summed E-state index contributed by atoms with van der Waals surface area (Å²) in [5.41, 5.74) is 1.17. The molecular weight excluding hydrogens is 331 g/mol. The third kappa shape index (κ3) is 4.85. The molecular formula is C18H26Cl2N2O. The molecule has 3 rings (SSSR count). The lowest BCUT2D eigenvalue weighted by Crippen LogP contribution is -2.35. The van der Waals surface area contributed by atoms with Gasteiger partial charge in [0.25, 0.3) is 0 Å². The number of halogens is 2. The first-order valence-corrected chi connectivity index (χ1v) is 8.80. The highest BCUT2D eigenvalue weighted by Gasteiger charge is 2.36. The van der Waals surface area contributed by atoms with Gasteiger partial charge in [0, 0.05) is 17.5 Å². The summed E-state index contributed by atoms with van der Waals surface area (Å²) in [6, 6.07) is 8.48. The van der Waals surface area contributed by atoms with Crippen molar-refractivity contribution in [2.45, 2.75) is 51.1 Å². The summed E-state index contributed by atoms with van der Waals surface area (Å²) in [6.45, 7) is 4.31. The molecule has 1 aliphatic carbocycles. The van der Waals surface area contributed by atoms with Gasteiger partial charge in [-0.1, -0.05) is 23.7 Å². The molecule has 1 aliphatic heterocycles. The maximum atomic E-state index is 12.7. The Morgan fingerprint density at radius 1 is 1.30 bits per heavy atom. The molecule has 2 unspecified atom stereocenters. The monoisotopic (exact) mass is 356 g/mol. The van der Waals surface area contributed by atoms with Gasteiger partial charge in [-0.05, 0) is 69.3 Å². The first-order valence-electron chi connectivity index (χ1n) is 8.42. The molecule has 2 atom stereocenters. The van der Waals surface area contributed by atoms with Crippen LogP contribution in [0.25, 0.3) is 0 Å². The van der Waals surface area contributed by atoms with Gasteiger partial charge in [0.1, 0.15) is 0 Å². The van der Waals surface area contributed by atoms with Gasteiger partial charge < -0.3 is 10.2 Å². The predicted molar refractivity (Wildman–Crippen MR) is 97.2 cm³/mol. The van der Waals surface area contributed by atoms with Crippen LogP contribution in [0.1, 0.15) is 50.6 Å². The number of hydrogen-bond acceptors (Lipinski definition) is 2. The number of amides is 1. The van der Waals surface area contributed by atoms with Crippen molar-refractivity contribution in [3.05, 3.63) is 34.9 Å². The van der Waals surface area contributed by atoms with Gasteiger partial charge in [0.15, 0.2) is 0 Å². The lowest BCUT2D eigenvalue weighted by Gasteiger charge is -2.30. The van der Waals surface area contributed by atoms with E-state index in [-0.39, 0.29) is 18.4 Å². The normalized spacial score (nSPS) is 21.6. The minimum absolute atomic E-state index is 0. The maximum Gasteiger partial charge on any atom is 0.223 e. The quantitative estimate of drug-likeness (QED) is 0.827. The van der Waals surface area contributed by atoms with Gasteiger partial charge in [0.2, 0.25) is 5.91 Å². The first kappa shape index (κ1) is 18.6. The lowest BCUT2D eigenvalue weighted by atomic mass is 10.0. The van der Waals surface area contributed by atoms with Crippen LogP contribution in [-0.2, 0) is 4.79 Å². The molecule has 0 bridgehead atoms. The Balaban J connectivity index is 0.00000192. The second-order valence-electron chi connectivity index (χ2n) is 6.66. The summed E-state index contributed by atoms with van der Waals surface area (Å²) < 4.78 is 0. The van der Waals surface area contributed by atoms with Gasteiger partial charge in [-0.2, -0.15) is 0 Å². The summed E-state index contributed by atoms with van der Waals surface area (Å²) in [5.74, 6) is 0.993. The Morgan fingerprint density at radius 3 is 2.57 bits per heavy atom. The minimum atomic E-state index is 0. The molecule has 3 nitrogen and oxygen atoms in total. The second-order valence-corrected chi connectivity index (χ2v) is 7.09. The molecule has 0 radical (unpaired) electrons. The Labute approximate surface area is 150 Å². The average molecular weight is 357 g/mol. The van der Waals surface area contributed by atoms with Gasteiger partial charge in [-0.3, -0.25) is 4.79 Å². The number of hydrogen-bond donors (Lipinski definition) is 1. The summed E-state index contributed by atoms with van der Waals surface area (Å²) in [7, 11) is 0. The van der Waals surface area contributed by atoms with Crippen molar-refractivity contribution < 1.29 is 4.79 Å². The van der Waals surface area contributed by atoms with Gasteiger partial charge in [-0.25, -0.2) is 0 Å². The molecule has 0 aromatic heterocycles. The average Bonchev–Trinajstić information content (AvgIpc) is 3.20. The Hall–Kier alpha value is -0.770. The van der Waals surface area contributed by atoms with E-state index in [0.717, 1.165) is 37.4 Å². The number of nitrogens with one attached hydrogen (secondary N) is 1. The van der Waals surface area contributed by atoms with Crippen LogP contribution in [0.4, 0.5) is 0 Å². The van der Waals surface area contributed by atoms with E-state index in [4.69, 9.17) is 11.6 Å². The molecule has 1 aromatic carbocycles. The Morgan fingerprint density at radius 2 is 2.00 bits per heavy atom. The fourth-order valence-corrected chi connectivity index (χ4v) is 3.53. The second kappa shape index (κ2) is 8.36. The topological polar surface area (TPSA) is 32.3 Å². The number of rotatable bonds is 6. The molecule has 1 N–H and O–H groups in total. The molecule has 2 aliphatic rings. The smallest absolute Gasteiger partial charge is 0.223 e. The van der Waals surface area contributed by atoms with Crippen LogP contribution in [0, 0.1) is 5.92 Å². The highest BCUT2D eigenvalue weighted by molar-refractivity contribution is 6.30. The molecule has 5 heteroatoms.